The van der Waals surface area contributed by atoms with E-state index >= 15 is 0 Å². The van der Waals surface area contributed by atoms with Crippen LogP contribution in [0.5, 0.6) is 11.5 Å². The lowest BCUT2D eigenvalue weighted by Crippen LogP contribution is -2.44. The highest BCUT2D eigenvalue weighted by Gasteiger charge is 2.38. The SMILES string of the molecule is O=C(CSc1nnc(-c2cccs2)n1C1CC1)NC1(c2ccc3c(c2)OCCO3)CCCC1. The summed E-state index contributed by atoms with van der Waals surface area (Å²) in [4.78, 5) is 14.2. The van der Waals surface area contributed by atoms with Gasteiger partial charge in [-0.3, -0.25) is 9.36 Å². The van der Waals surface area contributed by atoms with Crippen LogP contribution in [-0.2, 0) is 10.3 Å². The minimum Gasteiger partial charge on any atom is -0.486 e. The van der Waals surface area contributed by atoms with Gasteiger partial charge in [0, 0.05) is 6.04 Å². The summed E-state index contributed by atoms with van der Waals surface area (Å²) in [6, 6.07) is 10.6. The molecule has 1 aliphatic heterocycles. The van der Waals surface area contributed by atoms with E-state index in [0.29, 0.717) is 25.0 Å². The molecule has 0 radical (unpaired) electrons. The summed E-state index contributed by atoms with van der Waals surface area (Å²) in [7, 11) is 0. The summed E-state index contributed by atoms with van der Waals surface area (Å²) < 4.78 is 13.7. The fourth-order valence-electron chi connectivity index (χ4n) is 4.85. The number of thioether (sulfide) groups is 1. The molecule has 7 nitrogen and oxygen atoms in total. The van der Waals surface area contributed by atoms with E-state index < -0.39 is 0 Å². The number of carbonyl (C=O) groups is 1. The lowest BCUT2D eigenvalue weighted by atomic mass is 9.87. The summed E-state index contributed by atoms with van der Waals surface area (Å²) in [5.41, 5.74) is 0.753. The number of nitrogens with one attached hydrogen (secondary N) is 1. The minimum absolute atomic E-state index is 0.0276. The van der Waals surface area contributed by atoms with Crippen molar-refractivity contribution in [3.63, 3.8) is 0 Å². The van der Waals surface area contributed by atoms with Crippen LogP contribution in [0.3, 0.4) is 0 Å². The molecule has 0 bridgehead atoms. The Kier molecular flexibility index (Phi) is 5.54. The molecule has 33 heavy (non-hydrogen) atoms. The van der Waals surface area contributed by atoms with Crippen LogP contribution in [0, 0.1) is 0 Å². The fourth-order valence-corrected chi connectivity index (χ4v) is 6.36. The molecule has 1 amide bonds. The lowest BCUT2D eigenvalue weighted by molar-refractivity contribution is -0.120. The van der Waals surface area contributed by atoms with Crippen molar-refractivity contribution in [3.8, 4) is 22.2 Å². The largest absolute Gasteiger partial charge is 0.486 e. The number of ether oxygens (including phenoxy) is 2. The maximum atomic E-state index is 13.1. The number of rotatable bonds is 7. The first-order valence-corrected chi connectivity index (χ1v) is 13.4. The molecule has 0 saturated heterocycles. The number of hydrogen-bond donors (Lipinski definition) is 1. The minimum atomic E-state index is -0.347. The number of benzene rings is 1. The second-order valence-corrected chi connectivity index (χ2v) is 10.8. The Labute approximate surface area is 200 Å². The molecule has 0 spiro atoms. The summed E-state index contributed by atoms with van der Waals surface area (Å²) in [6.45, 7) is 1.13. The number of fused-ring (bicyclic) bond motifs is 1. The van der Waals surface area contributed by atoms with E-state index in [1.807, 2.05) is 18.2 Å². The molecule has 0 unspecified atom stereocenters. The van der Waals surface area contributed by atoms with Gasteiger partial charge in [0.25, 0.3) is 0 Å². The van der Waals surface area contributed by atoms with E-state index in [9.17, 15) is 4.79 Å². The molecule has 2 aliphatic carbocycles. The van der Waals surface area contributed by atoms with Crippen LogP contribution in [-0.4, -0.2) is 39.6 Å². The van der Waals surface area contributed by atoms with Gasteiger partial charge < -0.3 is 14.8 Å². The Hall–Kier alpha value is -2.52. The van der Waals surface area contributed by atoms with E-state index in [2.05, 4.69) is 37.6 Å². The molecule has 2 saturated carbocycles. The Morgan fingerprint density at radius 2 is 1.97 bits per heavy atom. The lowest BCUT2D eigenvalue weighted by Gasteiger charge is -2.32. The second kappa shape index (κ2) is 8.68. The summed E-state index contributed by atoms with van der Waals surface area (Å²) in [5, 5.41) is 15.1. The molecule has 0 atom stereocenters. The van der Waals surface area contributed by atoms with Crippen LogP contribution in [0.4, 0.5) is 0 Å². The van der Waals surface area contributed by atoms with Crippen molar-refractivity contribution < 1.29 is 14.3 Å². The zero-order valence-corrected chi connectivity index (χ0v) is 19.9. The zero-order valence-electron chi connectivity index (χ0n) is 18.3. The quantitative estimate of drug-likeness (QED) is 0.488. The van der Waals surface area contributed by atoms with Gasteiger partial charge in [0.15, 0.2) is 22.5 Å². The van der Waals surface area contributed by atoms with Crippen molar-refractivity contribution in [2.75, 3.05) is 19.0 Å². The zero-order chi connectivity index (χ0) is 22.3. The van der Waals surface area contributed by atoms with Crippen molar-refractivity contribution in [2.45, 2.75) is 55.3 Å². The molecular weight excluding hydrogens is 456 g/mol. The predicted molar refractivity (Wildman–Crippen MR) is 128 cm³/mol. The van der Waals surface area contributed by atoms with E-state index in [-0.39, 0.29) is 11.4 Å². The molecule has 2 aromatic heterocycles. The number of thiophene rings is 1. The molecular formula is C24H26N4O3S2. The number of nitrogens with zero attached hydrogens (tertiary/aromatic N) is 3. The number of carbonyl (C=O) groups excluding carboxylic acids is 1. The summed E-state index contributed by atoms with van der Waals surface area (Å²) in [6.07, 6.45) is 6.35. The molecule has 3 heterocycles. The van der Waals surface area contributed by atoms with Crippen molar-refractivity contribution in [3.05, 3.63) is 41.3 Å². The van der Waals surface area contributed by atoms with E-state index in [4.69, 9.17) is 9.47 Å². The van der Waals surface area contributed by atoms with Crippen LogP contribution < -0.4 is 14.8 Å². The number of amides is 1. The van der Waals surface area contributed by atoms with Gasteiger partial charge in [-0.15, -0.1) is 21.5 Å². The Balaban J connectivity index is 1.18. The van der Waals surface area contributed by atoms with Crippen LogP contribution in [0.2, 0.25) is 0 Å². The van der Waals surface area contributed by atoms with Gasteiger partial charge in [-0.1, -0.05) is 36.7 Å². The first-order valence-electron chi connectivity index (χ1n) is 11.5. The monoisotopic (exact) mass is 482 g/mol. The normalized spacial score (nSPS) is 18.9. The first-order chi connectivity index (χ1) is 16.2. The molecule has 3 aromatic rings. The molecule has 9 heteroatoms. The maximum absolute atomic E-state index is 13.1. The standard InChI is InChI=1S/C24H26N4O3S2/c29-21(15-33-23-27-26-22(20-4-3-13-32-20)28(23)17-6-7-17)25-24(9-1-2-10-24)16-5-8-18-19(14-16)31-12-11-30-18/h3-5,8,13-14,17H,1-2,6-7,9-12,15H2,(H,25,29). The van der Waals surface area contributed by atoms with Crippen LogP contribution in [0.25, 0.3) is 10.7 Å². The topological polar surface area (TPSA) is 78.3 Å². The van der Waals surface area contributed by atoms with E-state index in [0.717, 1.165) is 71.4 Å². The van der Waals surface area contributed by atoms with Crippen LogP contribution in [0.1, 0.15) is 50.1 Å². The van der Waals surface area contributed by atoms with Gasteiger partial charge >= 0.3 is 0 Å². The van der Waals surface area contributed by atoms with Gasteiger partial charge in [-0.2, -0.15) is 0 Å². The third kappa shape index (κ3) is 4.12. The summed E-state index contributed by atoms with van der Waals surface area (Å²) in [5.74, 6) is 2.81. The van der Waals surface area contributed by atoms with Crippen LogP contribution >= 0.6 is 23.1 Å². The number of hydrogen-bond acceptors (Lipinski definition) is 7. The van der Waals surface area contributed by atoms with Crippen molar-refractivity contribution in [2.24, 2.45) is 0 Å². The van der Waals surface area contributed by atoms with Crippen molar-refractivity contribution >= 4 is 29.0 Å². The highest BCUT2D eigenvalue weighted by atomic mass is 32.2. The Morgan fingerprint density at radius 3 is 2.73 bits per heavy atom. The molecule has 2 fully saturated rings. The van der Waals surface area contributed by atoms with Gasteiger partial charge in [-0.05, 0) is 54.8 Å². The molecule has 1 N–H and O–H groups in total. The van der Waals surface area contributed by atoms with Gasteiger partial charge in [-0.25, -0.2) is 0 Å². The maximum Gasteiger partial charge on any atom is 0.231 e. The molecule has 6 rings (SSSR count). The highest BCUT2D eigenvalue weighted by molar-refractivity contribution is 7.99. The molecule has 172 valence electrons. The smallest absolute Gasteiger partial charge is 0.231 e. The van der Waals surface area contributed by atoms with Crippen molar-refractivity contribution in [1.29, 1.82) is 0 Å². The fraction of sp³-hybridized carbons (Fsp3) is 0.458. The van der Waals surface area contributed by atoms with Gasteiger partial charge in [0.05, 0.1) is 16.2 Å². The van der Waals surface area contributed by atoms with E-state index in [1.165, 1.54) is 11.8 Å². The summed E-state index contributed by atoms with van der Waals surface area (Å²) >= 11 is 3.15. The molecule has 3 aliphatic rings. The Morgan fingerprint density at radius 1 is 1.15 bits per heavy atom. The van der Waals surface area contributed by atoms with Gasteiger partial charge in [0.2, 0.25) is 5.91 Å². The third-order valence-electron chi connectivity index (χ3n) is 6.58. The molecule has 1 aromatic carbocycles. The first kappa shape index (κ1) is 21.0. The van der Waals surface area contributed by atoms with Crippen molar-refractivity contribution in [1.82, 2.24) is 20.1 Å². The predicted octanol–water partition coefficient (Wildman–Crippen LogP) is 4.79. The van der Waals surface area contributed by atoms with E-state index in [1.54, 1.807) is 11.3 Å². The van der Waals surface area contributed by atoms with Crippen LogP contribution in [0.15, 0.2) is 40.9 Å². The highest BCUT2D eigenvalue weighted by Crippen LogP contribution is 2.43. The average Bonchev–Trinajstić information content (AvgIpc) is 3.23. The Bertz CT molecular complexity index is 1150. The second-order valence-electron chi connectivity index (χ2n) is 8.87. The number of aromatic nitrogens is 3. The third-order valence-corrected chi connectivity index (χ3v) is 8.39. The average molecular weight is 483 g/mol. The van der Waals surface area contributed by atoms with Gasteiger partial charge in [0.1, 0.15) is 13.2 Å².